The van der Waals surface area contributed by atoms with Crippen LogP contribution in [0.25, 0.3) is 0 Å². The second-order valence-corrected chi connectivity index (χ2v) is 7.57. The molecule has 0 radical (unpaired) electrons. The van der Waals surface area contributed by atoms with Crippen molar-refractivity contribution in [2.45, 2.75) is 89.2 Å². The van der Waals surface area contributed by atoms with Gasteiger partial charge in [-0.1, -0.05) is 26.2 Å². The lowest BCUT2D eigenvalue weighted by Crippen LogP contribution is -2.47. The molecule has 0 bridgehead atoms. The van der Waals surface area contributed by atoms with Crippen LogP contribution < -0.4 is 5.32 Å². The molecule has 1 aliphatic heterocycles. The van der Waals surface area contributed by atoms with Gasteiger partial charge in [-0.3, -0.25) is 0 Å². The minimum Gasteiger partial charge on any atom is -0.375 e. The first kappa shape index (κ1) is 14.8. The summed E-state index contributed by atoms with van der Waals surface area (Å²) >= 11 is 0. The summed E-state index contributed by atoms with van der Waals surface area (Å²) < 4.78 is 6.13. The maximum Gasteiger partial charge on any atom is 0.0685 e. The smallest absolute Gasteiger partial charge is 0.0685 e. The fraction of sp³-hybridized carbons (Fsp3) is 1.00. The second-order valence-electron chi connectivity index (χ2n) is 7.57. The van der Waals surface area contributed by atoms with Crippen LogP contribution in [0, 0.1) is 11.8 Å². The molecule has 1 N–H and O–H groups in total. The Balaban J connectivity index is 1.56. The summed E-state index contributed by atoms with van der Waals surface area (Å²) in [7, 11) is 0. The minimum absolute atomic E-state index is 0.335. The number of ether oxygens (including phenoxy) is 1. The molecule has 0 aromatic rings. The fourth-order valence-corrected chi connectivity index (χ4v) is 4.75. The molecule has 0 aromatic carbocycles. The van der Waals surface area contributed by atoms with Gasteiger partial charge in [-0.05, 0) is 69.7 Å². The van der Waals surface area contributed by atoms with Gasteiger partial charge in [0.15, 0.2) is 0 Å². The molecule has 116 valence electrons. The van der Waals surface area contributed by atoms with Crippen LogP contribution in [0.1, 0.15) is 77.6 Å². The van der Waals surface area contributed by atoms with Crippen molar-refractivity contribution in [3.8, 4) is 0 Å². The SMILES string of the molecule is CCCNC1CCCCC(C2CCOC3(CCC3)C2)C1. The van der Waals surface area contributed by atoms with Gasteiger partial charge in [0, 0.05) is 12.6 Å². The number of hydrogen-bond donors (Lipinski definition) is 1. The van der Waals surface area contributed by atoms with Crippen molar-refractivity contribution in [2.24, 2.45) is 11.8 Å². The van der Waals surface area contributed by atoms with Gasteiger partial charge in [0.05, 0.1) is 5.60 Å². The topological polar surface area (TPSA) is 21.3 Å². The molecule has 3 fully saturated rings. The zero-order chi connectivity index (χ0) is 13.8. The van der Waals surface area contributed by atoms with E-state index in [4.69, 9.17) is 4.74 Å². The molecular weight excluding hydrogens is 246 g/mol. The average molecular weight is 279 g/mol. The van der Waals surface area contributed by atoms with Crippen molar-refractivity contribution in [1.29, 1.82) is 0 Å². The van der Waals surface area contributed by atoms with E-state index < -0.39 is 0 Å². The summed E-state index contributed by atoms with van der Waals surface area (Å²) in [6.07, 6.45) is 15.3. The third kappa shape index (κ3) is 3.39. The minimum atomic E-state index is 0.335. The second kappa shape index (κ2) is 6.79. The Labute approximate surface area is 125 Å². The van der Waals surface area contributed by atoms with Crippen LogP contribution in [-0.2, 0) is 4.74 Å². The Hall–Kier alpha value is -0.0800. The van der Waals surface area contributed by atoms with Gasteiger partial charge in [0.25, 0.3) is 0 Å². The van der Waals surface area contributed by atoms with E-state index in [-0.39, 0.29) is 0 Å². The van der Waals surface area contributed by atoms with E-state index in [1.54, 1.807) is 0 Å². The third-order valence-corrected chi connectivity index (χ3v) is 6.11. The molecule has 20 heavy (non-hydrogen) atoms. The molecule has 0 amide bonds. The normalized spacial score (nSPS) is 37.4. The van der Waals surface area contributed by atoms with Gasteiger partial charge < -0.3 is 10.1 Å². The molecule has 3 unspecified atom stereocenters. The Morgan fingerprint density at radius 1 is 1.05 bits per heavy atom. The lowest BCUT2D eigenvalue weighted by atomic mass is 9.68. The van der Waals surface area contributed by atoms with E-state index in [0.717, 1.165) is 24.5 Å². The van der Waals surface area contributed by atoms with E-state index in [1.807, 2.05) is 0 Å². The van der Waals surface area contributed by atoms with Crippen molar-refractivity contribution >= 4 is 0 Å². The molecule has 1 heterocycles. The zero-order valence-corrected chi connectivity index (χ0v) is 13.3. The highest BCUT2D eigenvalue weighted by atomic mass is 16.5. The first-order valence-corrected chi connectivity index (χ1v) is 9.19. The van der Waals surface area contributed by atoms with Gasteiger partial charge >= 0.3 is 0 Å². The van der Waals surface area contributed by atoms with Crippen molar-refractivity contribution in [1.82, 2.24) is 5.32 Å². The van der Waals surface area contributed by atoms with Crippen LogP contribution in [0.5, 0.6) is 0 Å². The van der Waals surface area contributed by atoms with Gasteiger partial charge in [0.1, 0.15) is 0 Å². The van der Waals surface area contributed by atoms with Gasteiger partial charge in [0.2, 0.25) is 0 Å². The summed E-state index contributed by atoms with van der Waals surface area (Å²) in [5, 5.41) is 3.80. The molecule has 2 aliphatic carbocycles. The molecule has 2 saturated carbocycles. The molecule has 3 rings (SSSR count). The first-order valence-electron chi connectivity index (χ1n) is 9.19. The van der Waals surface area contributed by atoms with Crippen molar-refractivity contribution in [2.75, 3.05) is 13.2 Å². The van der Waals surface area contributed by atoms with Crippen LogP contribution >= 0.6 is 0 Å². The number of rotatable bonds is 4. The van der Waals surface area contributed by atoms with Crippen molar-refractivity contribution in [3.63, 3.8) is 0 Å². The zero-order valence-electron chi connectivity index (χ0n) is 13.3. The van der Waals surface area contributed by atoms with E-state index in [0.29, 0.717) is 5.60 Å². The third-order valence-electron chi connectivity index (χ3n) is 6.11. The summed E-state index contributed by atoms with van der Waals surface area (Å²) in [6, 6.07) is 0.794. The molecule has 1 saturated heterocycles. The van der Waals surface area contributed by atoms with Crippen molar-refractivity contribution < 1.29 is 4.74 Å². The first-order chi connectivity index (χ1) is 9.81. The summed E-state index contributed by atoms with van der Waals surface area (Å²) in [5.74, 6) is 1.92. The average Bonchev–Trinajstić information content (AvgIpc) is 2.69. The highest BCUT2D eigenvalue weighted by molar-refractivity contribution is 4.96. The van der Waals surface area contributed by atoms with Crippen LogP contribution in [0.3, 0.4) is 0 Å². The Morgan fingerprint density at radius 3 is 2.65 bits per heavy atom. The van der Waals surface area contributed by atoms with E-state index >= 15 is 0 Å². The summed E-state index contributed by atoms with van der Waals surface area (Å²) in [6.45, 7) is 4.52. The summed E-state index contributed by atoms with van der Waals surface area (Å²) in [5.41, 5.74) is 0.335. The lowest BCUT2D eigenvalue weighted by molar-refractivity contribution is -0.151. The van der Waals surface area contributed by atoms with Gasteiger partial charge in [-0.15, -0.1) is 0 Å². The van der Waals surface area contributed by atoms with Gasteiger partial charge in [-0.25, -0.2) is 0 Å². The number of nitrogens with one attached hydrogen (secondary N) is 1. The van der Waals surface area contributed by atoms with Gasteiger partial charge in [-0.2, -0.15) is 0 Å². The predicted molar refractivity (Wildman–Crippen MR) is 83.9 cm³/mol. The van der Waals surface area contributed by atoms with E-state index in [2.05, 4.69) is 12.2 Å². The maximum absolute atomic E-state index is 6.13. The fourth-order valence-electron chi connectivity index (χ4n) is 4.75. The molecule has 0 aromatic heterocycles. The van der Waals surface area contributed by atoms with Crippen LogP contribution in [-0.4, -0.2) is 24.8 Å². The lowest BCUT2D eigenvalue weighted by Gasteiger charge is -2.49. The molecule has 2 heteroatoms. The number of hydrogen-bond acceptors (Lipinski definition) is 2. The standard InChI is InChI=1S/C18H33NO/c1-2-11-19-17-7-4-3-6-15(13-17)16-8-12-20-18(14-16)9-5-10-18/h15-17,19H,2-14H2,1H3. The molecule has 3 aliphatic rings. The molecule has 1 spiro atoms. The Morgan fingerprint density at radius 2 is 1.90 bits per heavy atom. The molecule has 3 atom stereocenters. The Bertz CT molecular complexity index is 300. The highest BCUT2D eigenvalue weighted by Crippen LogP contribution is 2.47. The largest absolute Gasteiger partial charge is 0.375 e. The van der Waals surface area contributed by atoms with Crippen molar-refractivity contribution in [3.05, 3.63) is 0 Å². The highest BCUT2D eigenvalue weighted by Gasteiger charge is 2.44. The van der Waals surface area contributed by atoms with Crippen LogP contribution in [0.4, 0.5) is 0 Å². The monoisotopic (exact) mass is 279 g/mol. The summed E-state index contributed by atoms with van der Waals surface area (Å²) in [4.78, 5) is 0. The molecule has 2 nitrogen and oxygen atoms in total. The van der Waals surface area contributed by atoms with E-state index in [1.165, 1.54) is 77.2 Å². The molecular formula is C18H33NO. The van der Waals surface area contributed by atoms with Crippen LogP contribution in [0.2, 0.25) is 0 Å². The quantitative estimate of drug-likeness (QED) is 0.775. The predicted octanol–water partition coefficient (Wildman–Crippen LogP) is 4.28. The van der Waals surface area contributed by atoms with Crippen LogP contribution in [0.15, 0.2) is 0 Å². The Kier molecular flexibility index (Phi) is 5.04. The van der Waals surface area contributed by atoms with E-state index in [9.17, 15) is 0 Å². The maximum atomic E-state index is 6.13.